The van der Waals surface area contributed by atoms with Crippen molar-refractivity contribution in [2.24, 2.45) is 5.92 Å². The molecule has 6 nitrogen and oxygen atoms in total. The molecule has 2 aliphatic rings. The number of hydrogen-bond acceptors (Lipinski definition) is 6. The Kier molecular flexibility index (Phi) is 13.9. The molecule has 0 bridgehead atoms. The fourth-order valence-corrected chi connectivity index (χ4v) is 5.58. The number of fused-ring (bicyclic) bond motifs is 1. The van der Waals surface area contributed by atoms with E-state index in [0.717, 1.165) is 38.5 Å². The first-order valence-electron chi connectivity index (χ1n) is 13.0. The molecule has 0 aliphatic carbocycles. The van der Waals surface area contributed by atoms with Crippen molar-refractivity contribution in [2.75, 3.05) is 19.8 Å². The number of esters is 1. The summed E-state index contributed by atoms with van der Waals surface area (Å²) in [6.07, 6.45) is 23.0. The van der Waals surface area contributed by atoms with Crippen LogP contribution < -0.4 is 0 Å². The molecule has 2 rings (SSSR count). The van der Waals surface area contributed by atoms with Crippen LogP contribution in [-0.2, 0) is 27.7 Å². The second-order valence-corrected chi connectivity index (χ2v) is 10.7. The molecule has 0 unspecified atom stereocenters. The Morgan fingerprint density at radius 3 is 2.15 bits per heavy atom. The number of ether oxygens (including phenoxy) is 1. The minimum Gasteiger partial charge on any atom is -0.461 e. The van der Waals surface area contributed by atoms with E-state index >= 15 is 0 Å². The van der Waals surface area contributed by atoms with E-state index in [0.29, 0.717) is 24.4 Å². The highest BCUT2D eigenvalue weighted by atomic mass is 31.2. The molecule has 0 aromatic carbocycles. The molecule has 2 heterocycles. The zero-order valence-corrected chi connectivity index (χ0v) is 21.4. The molecular formula is C26H43O6P. The van der Waals surface area contributed by atoms with Gasteiger partial charge in [0, 0.05) is 12.8 Å². The third-order valence-electron chi connectivity index (χ3n) is 6.22. The topological polar surface area (TPSA) is 71.1 Å². The first-order valence-corrected chi connectivity index (χ1v) is 14.5. The molecular weight excluding hydrogens is 439 g/mol. The van der Waals surface area contributed by atoms with Gasteiger partial charge in [-0.2, -0.15) is 0 Å². The van der Waals surface area contributed by atoms with Crippen LogP contribution in [0, 0.1) is 18.3 Å². The van der Waals surface area contributed by atoms with Crippen LogP contribution in [0.5, 0.6) is 0 Å². The quantitative estimate of drug-likeness (QED) is 0.0873. The highest BCUT2D eigenvalue weighted by Crippen LogP contribution is 2.55. The van der Waals surface area contributed by atoms with Gasteiger partial charge in [-0.05, 0) is 19.3 Å². The molecule has 2 atom stereocenters. The van der Waals surface area contributed by atoms with Crippen molar-refractivity contribution in [3.05, 3.63) is 11.3 Å². The minimum absolute atomic E-state index is 0.124. The summed E-state index contributed by atoms with van der Waals surface area (Å²) in [5.74, 6) is 2.52. The average molecular weight is 483 g/mol. The van der Waals surface area contributed by atoms with E-state index in [4.69, 9.17) is 24.7 Å². The first-order chi connectivity index (χ1) is 16.1. The van der Waals surface area contributed by atoms with Crippen LogP contribution in [0.2, 0.25) is 0 Å². The maximum Gasteiger partial charge on any atom is 0.529 e. The summed E-state index contributed by atoms with van der Waals surface area (Å²) in [6, 6.07) is 0. The van der Waals surface area contributed by atoms with Gasteiger partial charge in [-0.1, -0.05) is 77.6 Å². The van der Waals surface area contributed by atoms with Gasteiger partial charge in [0.2, 0.25) is 0 Å². The van der Waals surface area contributed by atoms with E-state index in [2.05, 4.69) is 12.8 Å². The lowest BCUT2D eigenvalue weighted by Gasteiger charge is -2.18. The number of carbonyl (C=O) groups excluding carboxylic acids is 1. The Hall–Kier alpha value is -1.28. The van der Waals surface area contributed by atoms with Crippen molar-refractivity contribution in [2.45, 2.75) is 110 Å². The number of terminal acetylenes is 1. The summed E-state index contributed by atoms with van der Waals surface area (Å²) in [5, 5.41) is 0. The molecule has 1 fully saturated rings. The molecule has 33 heavy (non-hydrogen) atoms. The zero-order chi connectivity index (χ0) is 23.8. The largest absolute Gasteiger partial charge is 0.529 e. The van der Waals surface area contributed by atoms with Crippen LogP contribution in [0.4, 0.5) is 0 Å². The molecule has 0 N–H and O–H groups in total. The second kappa shape index (κ2) is 16.4. The Bertz CT molecular complexity index is 695. The Morgan fingerprint density at radius 2 is 1.55 bits per heavy atom. The summed E-state index contributed by atoms with van der Waals surface area (Å²) < 4.78 is 34.9. The van der Waals surface area contributed by atoms with Crippen molar-refractivity contribution in [3.8, 4) is 12.3 Å². The Labute approximate surface area is 200 Å². The van der Waals surface area contributed by atoms with Gasteiger partial charge >= 0.3 is 13.8 Å². The summed E-state index contributed by atoms with van der Waals surface area (Å²) in [6.45, 7) is 2.77. The van der Waals surface area contributed by atoms with Crippen LogP contribution in [0.15, 0.2) is 11.3 Å². The van der Waals surface area contributed by atoms with Crippen LogP contribution in [0.25, 0.3) is 0 Å². The van der Waals surface area contributed by atoms with Gasteiger partial charge in [-0.3, -0.25) is 9.05 Å². The standard InChI is InChI=1S/C26H43O6P/c1-3-5-7-8-9-10-11-12-13-14-15-16-17-18-20-30-33(28)31-22-23-21-29-26(27)25(23)24(32-33)19-6-4-2/h1,23H,4-22H2,2H3/t23-,33-/m0/s1. The number of cyclic esters (lactones) is 1. The van der Waals surface area contributed by atoms with Crippen LogP contribution in [-0.4, -0.2) is 25.8 Å². The lowest BCUT2D eigenvalue weighted by atomic mass is 10.00. The molecule has 0 amide bonds. The summed E-state index contributed by atoms with van der Waals surface area (Å²) in [7, 11) is -3.70. The van der Waals surface area contributed by atoms with Crippen molar-refractivity contribution in [3.63, 3.8) is 0 Å². The molecule has 188 valence electrons. The van der Waals surface area contributed by atoms with Gasteiger partial charge in [0.25, 0.3) is 0 Å². The summed E-state index contributed by atoms with van der Waals surface area (Å²) >= 11 is 0. The van der Waals surface area contributed by atoms with E-state index in [1.807, 2.05) is 0 Å². The lowest BCUT2D eigenvalue weighted by molar-refractivity contribution is -0.135. The van der Waals surface area contributed by atoms with Crippen molar-refractivity contribution >= 4 is 13.8 Å². The minimum atomic E-state index is -3.70. The molecule has 0 aromatic rings. The van der Waals surface area contributed by atoms with Gasteiger partial charge in [-0.25, -0.2) is 9.36 Å². The first kappa shape index (κ1) is 28.0. The van der Waals surface area contributed by atoms with Crippen LogP contribution >= 0.6 is 7.82 Å². The third-order valence-corrected chi connectivity index (χ3v) is 7.63. The number of carbonyl (C=O) groups is 1. The van der Waals surface area contributed by atoms with Crippen LogP contribution in [0.1, 0.15) is 110 Å². The van der Waals surface area contributed by atoms with Gasteiger partial charge < -0.3 is 9.26 Å². The predicted molar refractivity (Wildman–Crippen MR) is 130 cm³/mol. The molecule has 1 saturated heterocycles. The Morgan fingerprint density at radius 1 is 0.939 bits per heavy atom. The predicted octanol–water partition coefficient (Wildman–Crippen LogP) is 7.48. The monoisotopic (exact) mass is 482 g/mol. The number of rotatable bonds is 18. The lowest BCUT2D eigenvalue weighted by Crippen LogP contribution is -2.10. The number of phosphoric ester groups is 1. The number of allylic oxidation sites excluding steroid dienone is 1. The van der Waals surface area contributed by atoms with E-state index < -0.39 is 7.82 Å². The van der Waals surface area contributed by atoms with E-state index in [-0.39, 0.29) is 25.1 Å². The molecule has 2 aliphatic heterocycles. The highest BCUT2D eigenvalue weighted by molar-refractivity contribution is 7.48. The smallest absolute Gasteiger partial charge is 0.461 e. The maximum atomic E-state index is 13.0. The van der Waals surface area contributed by atoms with E-state index in [9.17, 15) is 9.36 Å². The SMILES string of the molecule is C#CCCCCCCCCCCCCCCO[P@@]1(=O)OC[C@@H]2COC(=O)C2=C(CCCC)O1. The van der Waals surface area contributed by atoms with Crippen molar-refractivity contribution < 1.29 is 27.7 Å². The molecule has 0 radical (unpaired) electrons. The Balaban J connectivity index is 1.55. The van der Waals surface area contributed by atoms with Gasteiger partial charge in [0.05, 0.1) is 24.7 Å². The normalized spacial score (nSPS) is 22.4. The van der Waals surface area contributed by atoms with Crippen molar-refractivity contribution in [1.29, 1.82) is 0 Å². The zero-order valence-electron chi connectivity index (χ0n) is 20.5. The highest BCUT2D eigenvalue weighted by Gasteiger charge is 2.43. The molecule has 0 spiro atoms. The maximum absolute atomic E-state index is 13.0. The van der Waals surface area contributed by atoms with Gasteiger partial charge in [-0.15, -0.1) is 12.3 Å². The number of hydrogen-bond donors (Lipinski definition) is 0. The van der Waals surface area contributed by atoms with E-state index in [1.165, 1.54) is 57.8 Å². The second-order valence-electron chi connectivity index (χ2n) is 9.10. The summed E-state index contributed by atoms with van der Waals surface area (Å²) in [4.78, 5) is 12.1. The third kappa shape index (κ3) is 10.7. The van der Waals surface area contributed by atoms with Gasteiger partial charge in [0.1, 0.15) is 12.4 Å². The van der Waals surface area contributed by atoms with E-state index in [1.54, 1.807) is 0 Å². The fourth-order valence-electron chi connectivity index (χ4n) is 4.22. The summed E-state index contributed by atoms with van der Waals surface area (Å²) in [5.41, 5.74) is 0.480. The molecule has 0 aromatic heterocycles. The average Bonchev–Trinajstić information content (AvgIpc) is 3.11. The number of unbranched alkanes of at least 4 members (excludes halogenated alkanes) is 13. The molecule has 7 heteroatoms. The number of phosphoric acid groups is 1. The van der Waals surface area contributed by atoms with Crippen molar-refractivity contribution in [1.82, 2.24) is 0 Å². The van der Waals surface area contributed by atoms with Crippen LogP contribution in [0.3, 0.4) is 0 Å². The molecule has 0 saturated carbocycles. The van der Waals surface area contributed by atoms with Gasteiger partial charge in [0.15, 0.2) is 0 Å². The fraction of sp³-hybridized carbons (Fsp3) is 0.808.